The molecular weight excluding hydrogens is 374 g/mol. The van der Waals surface area contributed by atoms with Crippen LogP contribution < -0.4 is 19.5 Å². The van der Waals surface area contributed by atoms with Gasteiger partial charge in [-0.1, -0.05) is 19.8 Å². The maximum absolute atomic E-state index is 12.4. The molecule has 1 aliphatic carbocycles. The summed E-state index contributed by atoms with van der Waals surface area (Å²) in [5, 5.41) is 3.03. The quantitative estimate of drug-likeness (QED) is 0.633. The molecule has 1 aromatic rings. The summed E-state index contributed by atoms with van der Waals surface area (Å²) >= 11 is 0. The Kier molecular flexibility index (Phi) is 8.61. The molecule has 1 amide bonds. The largest absolute Gasteiger partial charge is 0.493 e. The van der Waals surface area contributed by atoms with E-state index in [1.165, 1.54) is 13.5 Å². The van der Waals surface area contributed by atoms with Crippen molar-refractivity contribution in [3.63, 3.8) is 0 Å². The number of methoxy groups -OCH3 is 3. The van der Waals surface area contributed by atoms with Crippen LogP contribution in [-0.2, 0) is 20.7 Å². The summed E-state index contributed by atoms with van der Waals surface area (Å²) in [6, 6.07) is 3.77. The van der Waals surface area contributed by atoms with E-state index in [2.05, 4.69) is 12.2 Å². The number of amides is 1. The van der Waals surface area contributed by atoms with Crippen LogP contribution in [0.2, 0.25) is 0 Å². The van der Waals surface area contributed by atoms with Crippen molar-refractivity contribution in [1.29, 1.82) is 0 Å². The van der Waals surface area contributed by atoms with Gasteiger partial charge in [0.2, 0.25) is 5.75 Å². The lowest BCUT2D eigenvalue weighted by Gasteiger charge is -2.30. The minimum atomic E-state index is -0.809. The average Bonchev–Trinajstić information content (AvgIpc) is 2.72. The van der Waals surface area contributed by atoms with E-state index in [1.807, 2.05) is 0 Å². The van der Waals surface area contributed by atoms with Gasteiger partial charge in [-0.3, -0.25) is 9.59 Å². The van der Waals surface area contributed by atoms with E-state index in [-0.39, 0.29) is 18.4 Å². The van der Waals surface area contributed by atoms with Gasteiger partial charge in [0.15, 0.2) is 17.6 Å². The van der Waals surface area contributed by atoms with Gasteiger partial charge in [0.25, 0.3) is 5.91 Å². The van der Waals surface area contributed by atoms with Gasteiger partial charge in [0.05, 0.1) is 21.3 Å². The number of esters is 1. The number of carbonyl (C=O) groups is 2. The highest BCUT2D eigenvalue weighted by Gasteiger charge is 2.26. The summed E-state index contributed by atoms with van der Waals surface area (Å²) in [7, 11) is 4.63. The van der Waals surface area contributed by atoms with Crippen LogP contribution in [0.15, 0.2) is 12.1 Å². The first kappa shape index (κ1) is 22.8. The molecule has 0 aromatic heterocycles. The fraction of sp³-hybridized carbons (Fsp3) is 0.636. The van der Waals surface area contributed by atoms with Gasteiger partial charge >= 0.3 is 5.97 Å². The average molecular weight is 408 g/mol. The van der Waals surface area contributed by atoms with Crippen molar-refractivity contribution in [1.82, 2.24) is 5.32 Å². The number of hydrogen-bond acceptors (Lipinski definition) is 6. The third-order valence-corrected chi connectivity index (χ3v) is 5.46. The Balaban J connectivity index is 1.88. The third-order valence-electron chi connectivity index (χ3n) is 5.46. The SMILES string of the molecule is COc1cc(CCC(=O)O[C@H](C)C(=O)N[C@H]2CCCC[C@@H]2C)cc(OC)c1OC. The minimum Gasteiger partial charge on any atom is -0.493 e. The predicted molar refractivity (Wildman–Crippen MR) is 110 cm³/mol. The summed E-state index contributed by atoms with van der Waals surface area (Å²) in [5.41, 5.74) is 0.851. The van der Waals surface area contributed by atoms with Crippen molar-refractivity contribution >= 4 is 11.9 Å². The fourth-order valence-electron chi connectivity index (χ4n) is 3.67. The van der Waals surface area contributed by atoms with Crippen molar-refractivity contribution in [2.75, 3.05) is 21.3 Å². The number of rotatable bonds is 9. The Hall–Kier alpha value is -2.44. The van der Waals surface area contributed by atoms with Crippen LogP contribution in [0.25, 0.3) is 0 Å². The highest BCUT2D eigenvalue weighted by atomic mass is 16.5. The highest BCUT2D eigenvalue weighted by Crippen LogP contribution is 2.38. The molecular formula is C22H33NO6. The Bertz CT molecular complexity index is 680. The van der Waals surface area contributed by atoms with E-state index in [0.717, 1.165) is 24.8 Å². The number of hydrogen-bond donors (Lipinski definition) is 1. The van der Waals surface area contributed by atoms with Gasteiger partial charge < -0.3 is 24.3 Å². The van der Waals surface area contributed by atoms with Crippen LogP contribution >= 0.6 is 0 Å². The molecule has 29 heavy (non-hydrogen) atoms. The number of benzene rings is 1. The molecule has 3 atom stereocenters. The highest BCUT2D eigenvalue weighted by molar-refractivity contribution is 5.83. The molecule has 0 radical (unpaired) electrons. The summed E-state index contributed by atoms with van der Waals surface area (Å²) in [4.78, 5) is 24.6. The van der Waals surface area contributed by atoms with Crippen LogP contribution in [0.3, 0.4) is 0 Å². The van der Waals surface area contributed by atoms with Gasteiger partial charge in [-0.15, -0.1) is 0 Å². The van der Waals surface area contributed by atoms with Crippen molar-refractivity contribution < 1.29 is 28.5 Å². The summed E-state index contributed by atoms with van der Waals surface area (Å²) in [6.07, 6.45) is 4.20. The smallest absolute Gasteiger partial charge is 0.306 e. The zero-order valence-corrected chi connectivity index (χ0v) is 18.1. The van der Waals surface area contributed by atoms with Crippen molar-refractivity contribution in [3.8, 4) is 17.2 Å². The molecule has 1 aromatic carbocycles. The summed E-state index contributed by atoms with van der Waals surface area (Å²) < 4.78 is 21.3. The van der Waals surface area contributed by atoms with Gasteiger partial charge in [0, 0.05) is 12.5 Å². The number of ether oxygens (including phenoxy) is 4. The minimum absolute atomic E-state index is 0.149. The molecule has 0 bridgehead atoms. The van der Waals surface area contributed by atoms with E-state index in [1.54, 1.807) is 33.3 Å². The number of carbonyl (C=O) groups excluding carboxylic acids is 2. The Labute approximate surface area is 173 Å². The Morgan fingerprint density at radius 1 is 1.07 bits per heavy atom. The lowest BCUT2D eigenvalue weighted by Crippen LogP contribution is -2.46. The third kappa shape index (κ3) is 6.27. The molecule has 1 saturated carbocycles. The number of aryl methyl sites for hydroxylation is 1. The fourth-order valence-corrected chi connectivity index (χ4v) is 3.67. The van der Waals surface area contributed by atoms with Crippen molar-refractivity contribution in [2.45, 2.75) is 64.5 Å². The molecule has 1 fully saturated rings. The van der Waals surface area contributed by atoms with Crippen LogP contribution in [-0.4, -0.2) is 45.4 Å². The molecule has 1 N–H and O–H groups in total. The first-order valence-corrected chi connectivity index (χ1v) is 10.2. The predicted octanol–water partition coefficient (Wildman–Crippen LogP) is 3.27. The van der Waals surface area contributed by atoms with Crippen LogP contribution in [0, 0.1) is 5.92 Å². The van der Waals surface area contributed by atoms with Crippen LogP contribution in [0.5, 0.6) is 17.2 Å². The second kappa shape index (κ2) is 10.9. The Morgan fingerprint density at radius 2 is 1.69 bits per heavy atom. The van der Waals surface area contributed by atoms with Crippen LogP contribution in [0.1, 0.15) is 51.5 Å². The molecule has 0 spiro atoms. The van der Waals surface area contributed by atoms with Crippen molar-refractivity contribution in [2.24, 2.45) is 5.92 Å². The molecule has 0 aliphatic heterocycles. The first-order valence-electron chi connectivity index (χ1n) is 10.2. The Morgan fingerprint density at radius 3 is 2.24 bits per heavy atom. The second-order valence-electron chi connectivity index (χ2n) is 7.54. The molecule has 7 nitrogen and oxygen atoms in total. The van der Waals surface area contributed by atoms with Gasteiger partial charge in [-0.2, -0.15) is 0 Å². The van der Waals surface area contributed by atoms with E-state index in [4.69, 9.17) is 18.9 Å². The maximum Gasteiger partial charge on any atom is 0.306 e. The van der Waals surface area contributed by atoms with Crippen LogP contribution in [0.4, 0.5) is 0 Å². The van der Waals surface area contributed by atoms with Gasteiger partial charge in [-0.05, 0) is 49.8 Å². The molecule has 7 heteroatoms. The summed E-state index contributed by atoms with van der Waals surface area (Å²) in [5.74, 6) is 1.37. The lowest BCUT2D eigenvalue weighted by molar-refractivity contribution is -0.155. The zero-order valence-electron chi connectivity index (χ0n) is 18.1. The van der Waals surface area contributed by atoms with E-state index in [0.29, 0.717) is 29.6 Å². The normalized spacial score (nSPS) is 19.8. The van der Waals surface area contributed by atoms with Gasteiger partial charge in [0.1, 0.15) is 0 Å². The van der Waals surface area contributed by atoms with E-state index in [9.17, 15) is 9.59 Å². The first-order chi connectivity index (χ1) is 13.9. The lowest BCUT2D eigenvalue weighted by atomic mass is 9.86. The second-order valence-corrected chi connectivity index (χ2v) is 7.54. The van der Waals surface area contributed by atoms with Gasteiger partial charge in [-0.25, -0.2) is 0 Å². The maximum atomic E-state index is 12.4. The number of nitrogens with one attached hydrogen (secondary N) is 1. The molecule has 162 valence electrons. The molecule has 2 rings (SSSR count). The monoisotopic (exact) mass is 407 g/mol. The van der Waals surface area contributed by atoms with Crippen molar-refractivity contribution in [3.05, 3.63) is 17.7 Å². The molecule has 0 unspecified atom stereocenters. The zero-order chi connectivity index (χ0) is 21.4. The summed E-state index contributed by atoms with van der Waals surface area (Å²) in [6.45, 7) is 3.76. The van der Waals surface area contributed by atoms with E-state index < -0.39 is 12.1 Å². The standard InChI is InChI=1S/C22H33NO6/c1-14-8-6-7-9-17(14)23-22(25)15(2)29-20(24)11-10-16-12-18(26-3)21(28-5)19(13-16)27-4/h12-15,17H,6-11H2,1-5H3,(H,23,25)/t14-,15+,17-/m0/s1. The topological polar surface area (TPSA) is 83.1 Å². The molecule has 0 saturated heterocycles. The molecule has 1 aliphatic rings. The molecule has 0 heterocycles. The van der Waals surface area contributed by atoms with E-state index >= 15 is 0 Å².